The molecule has 2 aliphatic rings. The summed E-state index contributed by atoms with van der Waals surface area (Å²) in [5, 5.41) is 4.27. The number of carbonyl (C=O) groups is 1. The molecule has 2 aromatic heterocycles. The van der Waals surface area contributed by atoms with Crippen molar-refractivity contribution in [2.45, 2.75) is 44.3 Å². The van der Waals surface area contributed by atoms with E-state index in [1.165, 1.54) is 5.56 Å². The molecule has 2 saturated heterocycles. The zero-order chi connectivity index (χ0) is 17.3. The van der Waals surface area contributed by atoms with E-state index in [9.17, 15) is 4.79 Å². The van der Waals surface area contributed by atoms with E-state index in [0.29, 0.717) is 18.9 Å². The summed E-state index contributed by atoms with van der Waals surface area (Å²) in [7, 11) is 1.95. The largest absolute Gasteiger partial charge is 0.331 e. The second-order valence-electron chi connectivity index (χ2n) is 7.40. The number of nitrogens with zero attached hydrogens (tertiary/aromatic N) is 5. The highest BCUT2D eigenvalue weighted by molar-refractivity contribution is 5.79. The maximum atomic E-state index is 12.6. The molecular weight excluding hydrogens is 314 g/mol. The number of pyridine rings is 1. The molecule has 6 nitrogen and oxygen atoms in total. The molecular formula is C19H25N5O. The van der Waals surface area contributed by atoms with Gasteiger partial charge in [-0.2, -0.15) is 5.10 Å². The number of aromatic nitrogens is 3. The summed E-state index contributed by atoms with van der Waals surface area (Å²) in [6, 6.07) is 4.02. The minimum absolute atomic E-state index is 0.0131. The van der Waals surface area contributed by atoms with Crippen LogP contribution in [0.15, 0.2) is 36.9 Å². The molecule has 2 fully saturated rings. The van der Waals surface area contributed by atoms with Crippen LogP contribution in [0.5, 0.6) is 0 Å². The van der Waals surface area contributed by atoms with Gasteiger partial charge in [0.1, 0.15) is 0 Å². The van der Waals surface area contributed by atoms with Crippen molar-refractivity contribution < 1.29 is 4.79 Å². The Bertz CT molecular complexity index is 743. The van der Waals surface area contributed by atoms with Crippen molar-refractivity contribution in [3.8, 4) is 0 Å². The van der Waals surface area contributed by atoms with Crippen molar-refractivity contribution in [3.63, 3.8) is 0 Å². The number of piperidine rings is 1. The van der Waals surface area contributed by atoms with Gasteiger partial charge in [-0.15, -0.1) is 0 Å². The van der Waals surface area contributed by atoms with Gasteiger partial charge in [0.2, 0.25) is 5.91 Å². The first-order valence-electron chi connectivity index (χ1n) is 9.04. The Morgan fingerprint density at radius 1 is 1.16 bits per heavy atom. The Morgan fingerprint density at radius 2 is 2.00 bits per heavy atom. The minimum Gasteiger partial charge on any atom is -0.331 e. The van der Waals surface area contributed by atoms with E-state index in [-0.39, 0.29) is 5.54 Å². The average Bonchev–Trinajstić information content (AvgIpc) is 3.15. The van der Waals surface area contributed by atoms with Gasteiger partial charge in [0, 0.05) is 57.3 Å². The SMILES string of the molecule is Cn1cc(CN2CCC[C@@]3(CCC(=O)N3Cc3ccncc3)C2)cn1. The number of rotatable bonds is 4. The van der Waals surface area contributed by atoms with Gasteiger partial charge in [-0.05, 0) is 43.5 Å². The minimum atomic E-state index is -0.0131. The highest BCUT2D eigenvalue weighted by atomic mass is 16.2. The number of carbonyl (C=O) groups excluding carboxylic acids is 1. The Labute approximate surface area is 148 Å². The van der Waals surface area contributed by atoms with Gasteiger partial charge in [-0.25, -0.2) is 0 Å². The van der Waals surface area contributed by atoms with Gasteiger partial charge in [0.25, 0.3) is 0 Å². The first-order chi connectivity index (χ1) is 12.1. The van der Waals surface area contributed by atoms with Crippen LogP contribution in [-0.2, 0) is 24.9 Å². The molecule has 4 rings (SSSR count). The standard InChI is InChI=1S/C19H25N5O/c1-22-12-17(11-21-22)13-23-10-2-6-19(15-23)7-3-18(25)24(19)14-16-4-8-20-9-5-16/h4-5,8-9,11-12H,2-3,6-7,10,13-15H2,1H3/t19-/m1/s1. The quantitative estimate of drug-likeness (QED) is 0.855. The van der Waals surface area contributed by atoms with Crippen molar-refractivity contribution in [2.24, 2.45) is 7.05 Å². The van der Waals surface area contributed by atoms with Crippen LogP contribution in [0, 0.1) is 0 Å². The van der Waals surface area contributed by atoms with Crippen LogP contribution >= 0.6 is 0 Å². The van der Waals surface area contributed by atoms with Crippen LogP contribution in [0.1, 0.15) is 36.8 Å². The van der Waals surface area contributed by atoms with Crippen molar-refractivity contribution in [1.29, 1.82) is 0 Å². The van der Waals surface area contributed by atoms with Gasteiger partial charge in [-0.1, -0.05) is 0 Å². The lowest BCUT2D eigenvalue weighted by Gasteiger charge is -2.46. The Kier molecular flexibility index (Phi) is 4.29. The summed E-state index contributed by atoms with van der Waals surface area (Å²) in [5.41, 5.74) is 2.39. The van der Waals surface area contributed by atoms with Crippen LogP contribution < -0.4 is 0 Å². The summed E-state index contributed by atoms with van der Waals surface area (Å²) in [6.45, 7) is 3.65. The lowest BCUT2D eigenvalue weighted by molar-refractivity contribution is -0.133. The number of aryl methyl sites for hydroxylation is 1. The van der Waals surface area contributed by atoms with Gasteiger partial charge < -0.3 is 4.90 Å². The van der Waals surface area contributed by atoms with E-state index in [0.717, 1.165) is 44.5 Å². The predicted octanol–water partition coefficient (Wildman–Crippen LogP) is 1.97. The summed E-state index contributed by atoms with van der Waals surface area (Å²) in [4.78, 5) is 21.3. The summed E-state index contributed by atoms with van der Waals surface area (Å²) in [5.74, 6) is 0.292. The molecule has 0 bridgehead atoms. The third kappa shape index (κ3) is 3.31. The number of hydrogen-bond donors (Lipinski definition) is 0. The van der Waals surface area contributed by atoms with E-state index in [4.69, 9.17) is 0 Å². The molecule has 2 aliphatic heterocycles. The molecule has 25 heavy (non-hydrogen) atoms. The maximum Gasteiger partial charge on any atom is 0.223 e. The maximum absolute atomic E-state index is 12.6. The number of likely N-dealkylation sites (tertiary alicyclic amines) is 2. The molecule has 2 aromatic rings. The fourth-order valence-corrected chi connectivity index (χ4v) is 4.38. The molecule has 0 aliphatic carbocycles. The topological polar surface area (TPSA) is 54.3 Å². The summed E-state index contributed by atoms with van der Waals surface area (Å²) in [6.07, 6.45) is 11.5. The van der Waals surface area contributed by atoms with E-state index < -0.39 is 0 Å². The third-order valence-corrected chi connectivity index (χ3v) is 5.57. The van der Waals surface area contributed by atoms with Gasteiger partial charge >= 0.3 is 0 Å². The first-order valence-corrected chi connectivity index (χ1v) is 9.04. The Balaban J connectivity index is 1.51. The molecule has 0 saturated carbocycles. The van der Waals surface area contributed by atoms with Crippen LogP contribution in [0.2, 0.25) is 0 Å². The summed E-state index contributed by atoms with van der Waals surface area (Å²) >= 11 is 0. The van der Waals surface area contributed by atoms with Crippen molar-refractivity contribution >= 4 is 5.91 Å². The molecule has 0 aromatic carbocycles. The van der Waals surface area contributed by atoms with Crippen LogP contribution in [0.4, 0.5) is 0 Å². The smallest absolute Gasteiger partial charge is 0.223 e. The van der Waals surface area contributed by atoms with Crippen molar-refractivity contribution in [2.75, 3.05) is 13.1 Å². The molecule has 4 heterocycles. The zero-order valence-electron chi connectivity index (χ0n) is 14.8. The Hall–Kier alpha value is -2.21. The predicted molar refractivity (Wildman–Crippen MR) is 94.5 cm³/mol. The highest BCUT2D eigenvalue weighted by Crippen LogP contribution is 2.39. The molecule has 1 amide bonds. The second-order valence-corrected chi connectivity index (χ2v) is 7.40. The van der Waals surface area contributed by atoms with Gasteiger partial charge in [-0.3, -0.25) is 19.4 Å². The molecule has 0 unspecified atom stereocenters. The monoisotopic (exact) mass is 339 g/mol. The van der Waals surface area contributed by atoms with E-state index in [2.05, 4.69) is 26.1 Å². The van der Waals surface area contributed by atoms with Crippen molar-refractivity contribution in [1.82, 2.24) is 24.6 Å². The van der Waals surface area contributed by atoms with Crippen molar-refractivity contribution in [3.05, 3.63) is 48.0 Å². The number of hydrogen-bond acceptors (Lipinski definition) is 4. The third-order valence-electron chi connectivity index (χ3n) is 5.57. The van der Waals surface area contributed by atoms with Crippen LogP contribution in [-0.4, -0.2) is 49.1 Å². The average molecular weight is 339 g/mol. The van der Waals surface area contributed by atoms with E-state index in [1.807, 2.05) is 30.1 Å². The zero-order valence-corrected chi connectivity index (χ0v) is 14.8. The summed E-state index contributed by atoms with van der Waals surface area (Å²) < 4.78 is 1.85. The van der Waals surface area contributed by atoms with Crippen LogP contribution in [0.25, 0.3) is 0 Å². The normalized spacial score (nSPS) is 24.4. The molecule has 0 N–H and O–H groups in total. The van der Waals surface area contributed by atoms with Gasteiger partial charge in [0.05, 0.1) is 11.7 Å². The first kappa shape index (κ1) is 16.3. The van der Waals surface area contributed by atoms with E-state index >= 15 is 0 Å². The fraction of sp³-hybridized carbons (Fsp3) is 0.526. The van der Waals surface area contributed by atoms with Crippen LogP contribution in [0.3, 0.4) is 0 Å². The highest BCUT2D eigenvalue weighted by Gasteiger charge is 2.47. The Morgan fingerprint density at radius 3 is 2.76 bits per heavy atom. The second kappa shape index (κ2) is 6.59. The lowest BCUT2D eigenvalue weighted by atomic mass is 9.86. The van der Waals surface area contributed by atoms with Gasteiger partial charge in [0.15, 0.2) is 0 Å². The number of amides is 1. The fourth-order valence-electron chi connectivity index (χ4n) is 4.38. The molecule has 0 radical (unpaired) electrons. The molecule has 132 valence electrons. The van der Waals surface area contributed by atoms with E-state index in [1.54, 1.807) is 12.4 Å². The molecule has 1 spiro atoms. The molecule has 6 heteroatoms. The molecule has 1 atom stereocenters. The lowest BCUT2D eigenvalue weighted by Crippen LogP contribution is -2.55.